The first-order valence-electron chi connectivity index (χ1n) is 6.35. The van der Waals surface area contributed by atoms with Crippen molar-refractivity contribution in [3.05, 3.63) is 34.9 Å². The zero-order valence-corrected chi connectivity index (χ0v) is 9.95. The fraction of sp³-hybridized carbons (Fsp3) is 0.571. The van der Waals surface area contributed by atoms with Crippen molar-refractivity contribution in [1.82, 2.24) is 4.90 Å². The van der Waals surface area contributed by atoms with Crippen molar-refractivity contribution < 1.29 is 0 Å². The van der Waals surface area contributed by atoms with Crippen LogP contribution in [0.3, 0.4) is 0 Å². The zero-order chi connectivity index (χ0) is 11.1. The molecular formula is C14H20N2. The maximum absolute atomic E-state index is 6.31. The number of piperidine rings is 1. The predicted octanol–water partition coefficient (Wildman–Crippen LogP) is 2.02. The van der Waals surface area contributed by atoms with Crippen molar-refractivity contribution >= 4 is 0 Å². The van der Waals surface area contributed by atoms with E-state index in [2.05, 4.69) is 30.0 Å². The van der Waals surface area contributed by atoms with Gasteiger partial charge in [-0.25, -0.2) is 0 Å². The normalized spacial score (nSPS) is 29.6. The fourth-order valence-electron chi connectivity index (χ4n) is 3.38. The summed E-state index contributed by atoms with van der Waals surface area (Å²) in [6.07, 6.45) is 3.64. The van der Waals surface area contributed by atoms with Gasteiger partial charge in [-0.05, 0) is 49.4 Å². The van der Waals surface area contributed by atoms with Gasteiger partial charge in [0.05, 0.1) is 6.04 Å². The summed E-state index contributed by atoms with van der Waals surface area (Å²) >= 11 is 0. The number of hydrogen-bond acceptors (Lipinski definition) is 2. The van der Waals surface area contributed by atoms with Crippen LogP contribution >= 0.6 is 0 Å². The molecule has 2 unspecified atom stereocenters. The number of aryl methyl sites for hydroxylation is 1. The molecule has 2 nitrogen and oxygen atoms in total. The smallest absolute Gasteiger partial charge is 0.0502 e. The molecule has 1 saturated heterocycles. The average Bonchev–Trinajstić information content (AvgIpc) is 2.29. The van der Waals surface area contributed by atoms with E-state index < -0.39 is 0 Å². The van der Waals surface area contributed by atoms with Crippen LogP contribution in [0.1, 0.15) is 35.6 Å². The van der Waals surface area contributed by atoms with Gasteiger partial charge in [0.1, 0.15) is 0 Å². The lowest BCUT2D eigenvalue weighted by Crippen LogP contribution is -2.49. The largest absolute Gasteiger partial charge is 0.326 e. The lowest BCUT2D eigenvalue weighted by molar-refractivity contribution is 0.119. The maximum atomic E-state index is 6.31. The zero-order valence-electron chi connectivity index (χ0n) is 9.95. The molecule has 2 aliphatic rings. The van der Waals surface area contributed by atoms with Crippen LogP contribution in [0.4, 0.5) is 0 Å². The average molecular weight is 216 g/mol. The molecule has 1 aromatic carbocycles. The minimum absolute atomic E-state index is 0.328. The minimum atomic E-state index is 0.328. The summed E-state index contributed by atoms with van der Waals surface area (Å²) in [7, 11) is 0. The van der Waals surface area contributed by atoms with E-state index in [1.54, 1.807) is 5.56 Å². The second-order valence-electron chi connectivity index (χ2n) is 5.18. The third-order valence-electron chi connectivity index (χ3n) is 4.20. The van der Waals surface area contributed by atoms with Gasteiger partial charge in [0.25, 0.3) is 0 Å². The van der Waals surface area contributed by atoms with Crippen LogP contribution in [0.2, 0.25) is 0 Å². The van der Waals surface area contributed by atoms with E-state index in [4.69, 9.17) is 5.73 Å². The Kier molecular flexibility index (Phi) is 2.49. The Morgan fingerprint density at radius 1 is 1.31 bits per heavy atom. The molecule has 2 heteroatoms. The summed E-state index contributed by atoms with van der Waals surface area (Å²) in [5.41, 5.74) is 10.8. The molecule has 2 heterocycles. The molecule has 0 aromatic heterocycles. The number of nitrogens with two attached hydrogens (primary N) is 1. The van der Waals surface area contributed by atoms with Gasteiger partial charge in [-0.2, -0.15) is 0 Å². The van der Waals surface area contributed by atoms with Crippen LogP contribution < -0.4 is 5.73 Å². The molecule has 0 aliphatic carbocycles. The van der Waals surface area contributed by atoms with E-state index >= 15 is 0 Å². The lowest BCUT2D eigenvalue weighted by Gasteiger charge is -2.44. The van der Waals surface area contributed by atoms with Gasteiger partial charge in [0.2, 0.25) is 0 Å². The molecule has 1 aromatic rings. The molecule has 2 N–H and O–H groups in total. The van der Waals surface area contributed by atoms with Gasteiger partial charge in [0, 0.05) is 12.6 Å². The van der Waals surface area contributed by atoms with Crippen molar-refractivity contribution in [3.8, 4) is 0 Å². The molecule has 86 valence electrons. The molecule has 0 spiro atoms. The standard InChI is InChI=1S/C14H20N2/c1-10-4-2-5-12-11(10)7-9-16-8-3-6-13(15)14(12)16/h2,4-5,13-14H,3,6-9,15H2,1H3. The van der Waals surface area contributed by atoms with E-state index in [9.17, 15) is 0 Å². The van der Waals surface area contributed by atoms with Crippen LogP contribution in [0.15, 0.2) is 18.2 Å². The van der Waals surface area contributed by atoms with Gasteiger partial charge < -0.3 is 5.73 Å². The molecule has 1 fully saturated rings. The highest BCUT2D eigenvalue weighted by Crippen LogP contribution is 2.36. The summed E-state index contributed by atoms with van der Waals surface area (Å²) in [5, 5.41) is 0. The fourth-order valence-corrected chi connectivity index (χ4v) is 3.38. The van der Waals surface area contributed by atoms with Gasteiger partial charge in [-0.1, -0.05) is 18.2 Å². The Labute approximate surface area is 97.4 Å². The Balaban J connectivity index is 2.06. The summed E-state index contributed by atoms with van der Waals surface area (Å²) in [6, 6.07) is 7.50. The summed E-state index contributed by atoms with van der Waals surface area (Å²) in [5.74, 6) is 0. The van der Waals surface area contributed by atoms with Crippen LogP contribution in [-0.4, -0.2) is 24.0 Å². The number of nitrogens with zero attached hydrogens (tertiary/aromatic N) is 1. The number of rotatable bonds is 0. The number of hydrogen-bond donors (Lipinski definition) is 1. The molecule has 0 bridgehead atoms. The first kappa shape index (κ1) is 10.3. The third kappa shape index (κ3) is 1.48. The second-order valence-corrected chi connectivity index (χ2v) is 5.18. The number of fused-ring (bicyclic) bond motifs is 3. The molecule has 0 radical (unpaired) electrons. The first-order chi connectivity index (χ1) is 7.77. The maximum Gasteiger partial charge on any atom is 0.0502 e. The Hall–Kier alpha value is -0.860. The van der Waals surface area contributed by atoms with Crippen molar-refractivity contribution in [2.24, 2.45) is 5.73 Å². The molecule has 0 saturated carbocycles. The topological polar surface area (TPSA) is 29.3 Å². The van der Waals surface area contributed by atoms with Crippen LogP contribution in [-0.2, 0) is 6.42 Å². The van der Waals surface area contributed by atoms with Gasteiger partial charge in [-0.3, -0.25) is 4.90 Å². The minimum Gasteiger partial charge on any atom is -0.326 e. The Morgan fingerprint density at radius 3 is 3.06 bits per heavy atom. The summed E-state index contributed by atoms with van der Waals surface area (Å²) < 4.78 is 0. The quantitative estimate of drug-likeness (QED) is 0.719. The molecule has 0 amide bonds. The van der Waals surface area contributed by atoms with Crippen LogP contribution in [0, 0.1) is 6.92 Å². The molecule has 2 aliphatic heterocycles. The third-order valence-corrected chi connectivity index (χ3v) is 4.20. The molecule has 2 atom stereocenters. The van der Waals surface area contributed by atoms with Crippen molar-refractivity contribution in [3.63, 3.8) is 0 Å². The van der Waals surface area contributed by atoms with E-state index in [0.717, 1.165) is 0 Å². The monoisotopic (exact) mass is 216 g/mol. The summed E-state index contributed by atoms with van der Waals surface area (Å²) in [6.45, 7) is 4.64. The molecule has 3 rings (SSSR count). The van der Waals surface area contributed by atoms with Gasteiger partial charge in [-0.15, -0.1) is 0 Å². The Bertz CT molecular complexity index is 400. The van der Waals surface area contributed by atoms with E-state index in [1.807, 2.05) is 0 Å². The highest BCUT2D eigenvalue weighted by atomic mass is 15.2. The molecule has 16 heavy (non-hydrogen) atoms. The highest BCUT2D eigenvalue weighted by molar-refractivity contribution is 5.39. The van der Waals surface area contributed by atoms with Gasteiger partial charge in [0.15, 0.2) is 0 Å². The SMILES string of the molecule is Cc1cccc2c1CCN1CCCC(N)C21. The van der Waals surface area contributed by atoms with Crippen molar-refractivity contribution in [1.29, 1.82) is 0 Å². The van der Waals surface area contributed by atoms with Crippen LogP contribution in [0.25, 0.3) is 0 Å². The van der Waals surface area contributed by atoms with Crippen LogP contribution in [0.5, 0.6) is 0 Å². The second kappa shape index (κ2) is 3.86. The lowest BCUT2D eigenvalue weighted by atomic mass is 9.82. The summed E-state index contributed by atoms with van der Waals surface area (Å²) in [4.78, 5) is 2.58. The predicted molar refractivity (Wildman–Crippen MR) is 66.4 cm³/mol. The highest BCUT2D eigenvalue weighted by Gasteiger charge is 2.34. The first-order valence-corrected chi connectivity index (χ1v) is 6.35. The number of benzene rings is 1. The van der Waals surface area contributed by atoms with E-state index in [-0.39, 0.29) is 0 Å². The van der Waals surface area contributed by atoms with Gasteiger partial charge >= 0.3 is 0 Å². The van der Waals surface area contributed by atoms with Crippen molar-refractivity contribution in [2.75, 3.05) is 13.1 Å². The molecular weight excluding hydrogens is 196 g/mol. The Morgan fingerprint density at radius 2 is 2.19 bits per heavy atom. The van der Waals surface area contributed by atoms with E-state index in [1.165, 1.54) is 43.5 Å². The van der Waals surface area contributed by atoms with E-state index in [0.29, 0.717) is 12.1 Å². The van der Waals surface area contributed by atoms with Crippen molar-refractivity contribution in [2.45, 2.75) is 38.3 Å².